The minimum absolute atomic E-state index is 0.168. The number of hydrogen-bond acceptors (Lipinski definition) is 1. The second kappa shape index (κ2) is 6.44. The summed E-state index contributed by atoms with van der Waals surface area (Å²) in [6.45, 7) is 0. The number of hydrogen-bond donors (Lipinski definition) is 0. The summed E-state index contributed by atoms with van der Waals surface area (Å²) in [5.41, 5.74) is -2.76. The third-order valence-electron chi connectivity index (χ3n) is 5.09. The molecule has 0 saturated carbocycles. The Labute approximate surface area is 169 Å². The summed E-state index contributed by atoms with van der Waals surface area (Å²) in [6.07, 6.45) is -5.47. The van der Waals surface area contributed by atoms with Gasteiger partial charge in [-0.1, -0.05) is 30.3 Å². The van der Waals surface area contributed by atoms with Crippen molar-refractivity contribution in [3.63, 3.8) is 0 Å². The van der Waals surface area contributed by atoms with Gasteiger partial charge in [0.05, 0.1) is 16.6 Å². The van der Waals surface area contributed by atoms with Crippen LogP contribution in [-0.4, -0.2) is 9.61 Å². The van der Waals surface area contributed by atoms with Crippen LogP contribution in [0.1, 0.15) is 5.56 Å². The van der Waals surface area contributed by atoms with Gasteiger partial charge < -0.3 is 0 Å². The predicted molar refractivity (Wildman–Crippen MR) is 100 cm³/mol. The zero-order valence-electron chi connectivity index (χ0n) is 15.2. The fourth-order valence-corrected chi connectivity index (χ4v) is 3.78. The highest BCUT2D eigenvalue weighted by Gasteiger charge is 2.42. The van der Waals surface area contributed by atoms with Crippen molar-refractivity contribution >= 4 is 27.2 Å². The van der Waals surface area contributed by atoms with Crippen LogP contribution in [0.15, 0.2) is 54.6 Å². The standard InChI is InChI=1S/C22H9F7N2/c23-12-6-7-13-11(8-12)9-14(10-4-2-1-3-5-10)31-21(13)15-17(24)18(25)16(22(27,28)29)19(26)20(15)30-31/h1-9H. The predicted octanol–water partition coefficient (Wildman–Crippen LogP) is 6.88. The monoisotopic (exact) mass is 434 g/mol. The first kappa shape index (κ1) is 19.3. The van der Waals surface area contributed by atoms with Crippen LogP contribution in [0.5, 0.6) is 0 Å². The first-order chi connectivity index (χ1) is 14.7. The number of fused-ring (bicyclic) bond motifs is 5. The molecule has 5 aromatic rings. The van der Waals surface area contributed by atoms with E-state index in [0.29, 0.717) is 5.56 Å². The number of aromatic nitrogens is 2. The van der Waals surface area contributed by atoms with E-state index in [0.717, 1.165) is 16.6 Å². The van der Waals surface area contributed by atoms with E-state index in [1.165, 1.54) is 12.1 Å². The van der Waals surface area contributed by atoms with E-state index in [1.807, 2.05) is 0 Å². The molecular formula is C22H9F7N2. The Morgan fingerprint density at radius 3 is 2.16 bits per heavy atom. The number of nitrogens with zero attached hydrogens (tertiary/aromatic N) is 2. The molecule has 0 bridgehead atoms. The van der Waals surface area contributed by atoms with Gasteiger partial charge in [-0.2, -0.15) is 18.3 Å². The van der Waals surface area contributed by atoms with Crippen molar-refractivity contribution in [2.45, 2.75) is 6.18 Å². The molecule has 156 valence electrons. The largest absolute Gasteiger partial charge is 0.422 e. The number of halogens is 7. The van der Waals surface area contributed by atoms with Gasteiger partial charge >= 0.3 is 6.18 Å². The number of alkyl halides is 3. The van der Waals surface area contributed by atoms with Crippen LogP contribution in [0.2, 0.25) is 0 Å². The summed E-state index contributed by atoms with van der Waals surface area (Å²) in [4.78, 5) is 0. The van der Waals surface area contributed by atoms with Gasteiger partial charge in [-0.15, -0.1) is 0 Å². The zero-order chi connectivity index (χ0) is 22.1. The molecule has 0 fully saturated rings. The lowest BCUT2D eigenvalue weighted by molar-refractivity contribution is -0.142. The zero-order valence-corrected chi connectivity index (χ0v) is 15.2. The topological polar surface area (TPSA) is 17.3 Å². The molecule has 5 rings (SSSR count). The summed E-state index contributed by atoms with van der Waals surface area (Å²) in [6, 6.07) is 13.3. The van der Waals surface area contributed by atoms with Crippen LogP contribution in [0.25, 0.3) is 38.4 Å². The van der Waals surface area contributed by atoms with E-state index in [4.69, 9.17) is 0 Å². The highest BCUT2D eigenvalue weighted by Crippen LogP contribution is 2.41. The van der Waals surface area contributed by atoms with E-state index >= 15 is 0 Å². The van der Waals surface area contributed by atoms with Crippen LogP contribution in [0.4, 0.5) is 30.7 Å². The van der Waals surface area contributed by atoms with Gasteiger partial charge in [-0.25, -0.2) is 22.1 Å². The van der Waals surface area contributed by atoms with Crippen molar-refractivity contribution in [2.24, 2.45) is 0 Å². The summed E-state index contributed by atoms with van der Waals surface area (Å²) < 4.78 is 98.5. The molecule has 9 heteroatoms. The molecule has 0 atom stereocenters. The van der Waals surface area contributed by atoms with Crippen LogP contribution in [-0.2, 0) is 6.18 Å². The van der Waals surface area contributed by atoms with Crippen molar-refractivity contribution in [1.29, 1.82) is 0 Å². The van der Waals surface area contributed by atoms with E-state index in [9.17, 15) is 30.7 Å². The van der Waals surface area contributed by atoms with E-state index in [-0.39, 0.29) is 22.0 Å². The van der Waals surface area contributed by atoms with E-state index in [1.54, 1.807) is 30.3 Å². The normalized spacial score (nSPS) is 12.4. The first-order valence-electron chi connectivity index (χ1n) is 8.92. The van der Waals surface area contributed by atoms with Gasteiger partial charge in [0.15, 0.2) is 17.5 Å². The van der Waals surface area contributed by atoms with Crippen molar-refractivity contribution < 1.29 is 30.7 Å². The maximum absolute atomic E-state index is 14.9. The molecular weight excluding hydrogens is 425 g/mol. The molecule has 0 saturated heterocycles. The SMILES string of the molecule is Fc1ccc2c(c1)cc(-c1ccccc1)n1nc3c(F)c(C(F)(F)F)c(F)c(F)c3c21. The van der Waals surface area contributed by atoms with Crippen LogP contribution in [0.3, 0.4) is 0 Å². The maximum atomic E-state index is 14.9. The second-order valence-corrected chi connectivity index (χ2v) is 6.93. The molecule has 0 radical (unpaired) electrons. The molecule has 0 aliphatic carbocycles. The summed E-state index contributed by atoms with van der Waals surface area (Å²) in [5.74, 6) is -6.86. The van der Waals surface area contributed by atoms with Gasteiger partial charge in [-0.3, -0.25) is 0 Å². The van der Waals surface area contributed by atoms with Gasteiger partial charge in [-0.05, 0) is 29.7 Å². The third-order valence-corrected chi connectivity index (χ3v) is 5.09. The van der Waals surface area contributed by atoms with E-state index in [2.05, 4.69) is 5.10 Å². The van der Waals surface area contributed by atoms with Crippen molar-refractivity contribution in [1.82, 2.24) is 9.61 Å². The number of rotatable bonds is 1. The fraction of sp³-hybridized carbons (Fsp3) is 0.0455. The molecule has 0 aliphatic rings. The van der Waals surface area contributed by atoms with Gasteiger partial charge in [0.25, 0.3) is 0 Å². The van der Waals surface area contributed by atoms with Crippen LogP contribution < -0.4 is 0 Å². The summed E-state index contributed by atoms with van der Waals surface area (Å²) in [5, 5.41) is 3.55. The summed E-state index contributed by atoms with van der Waals surface area (Å²) in [7, 11) is 0. The average molecular weight is 434 g/mol. The molecule has 2 aromatic heterocycles. The fourth-order valence-electron chi connectivity index (χ4n) is 3.78. The molecule has 0 aliphatic heterocycles. The minimum atomic E-state index is -5.47. The Morgan fingerprint density at radius 2 is 1.48 bits per heavy atom. The molecule has 2 heterocycles. The Hall–Kier alpha value is -3.62. The van der Waals surface area contributed by atoms with Crippen molar-refractivity contribution in [2.75, 3.05) is 0 Å². The van der Waals surface area contributed by atoms with E-state index < -0.39 is 45.9 Å². The first-order valence-corrected chi connectivity index (χ1v) is 8.92. The summed E-state index contributed by atoms with van der Waals surface area (Å²) >= 11 is 0. The number of pyridine rings is 1. The highest BCUT2D eigenvalue weighted by atomic mass is 19.4. The molecule has 2 nitrogen and oxygen atoms in total. The van der Waals surface area contributed by atoms with Gasteiger partial charge in [0, 0.05) is 10.9 Å². The number of benzene rings is 3. The minimum Gasteiger partial charge on any atom is -0.231 e. The second-order valence-electron chi connectivity index (χ2n) is 6.93. The molecule has 3 aromatic carbocycles. The quantitative estimate of drug-likeness (QED) is 0.208. The molecule has 0 amide bonds. The smallest absolute Gasteiger partial charge is 0.231 e. The molecule has 0 N–H and O–H groups in total. The lowest BCUT2D eigenvalue weighted by Crippen LogP contribution is -2.13. The third kappa shape index (κ3) is 2.76. The highest BCUT2D eigenvalue weighted by molar-refractivity contribution is 6.11. The average Bonchev–Trinajstić information content (AvgIpc) is 3.12. The molecule has 0 spiro atoms. The van der Waals surface area contributed by atoms with Gasteiger partial charge in [0.1, 0.15) is 16.9 Å². The Balaban J connectivity index is 2.07. The Bertz CT molecular complexity index is 1500. The molecule has 0 unspecified atom stereocenters. The molecule has 31 heavy (non-hydrogen) atoms. The van der Waals surface area contributed by atoms with Crippen molar-refractivity contribution in [3.8, 4) is 11.3 Å². The lowest BCUT2D eigenvalue weighted by Gasteiger charge is -2.11. The van der Waals surface area contributed by atoms with Crippen molar-refractivity contribution in [3.05, 3.63) is 83.4 Å². The van der Waals surface area contributed by atoms with Crippen LogP contribution in [0, 0.1) is 23.3 Å². The Morgan fingerprint density at radius 1 is 0.774 bits per heavy atom. The Kier molecular flexibility index (Phi) is 4.02. The van der Waals surface area contributed by atoms with Gasteiger partial charge in [0.2, 0.25) is 0 Å². The maximum Gasteiger partial charge on any atom is 0.422 e. The van der Waals surface area contributed by atoms with Crippen LogP contribution >= 0.6 is 0 Å². The lowest BCUT2D eigenvalue weighted by atomic mass is 10.0.